The van der Waals surface area contributed by atoms with E-state index in [9.17, 15) is 9.59 Å². The van der Waals surface area contributed by atoms with Crippen molar-refractivity contribution in [2.24, 2.45) is 11.8 Å². The second-order valence-corrected chi connectivity index (χ2v) is 13.2. The van der Waals surface area contributed by atoms with Crippen LogP contribution < -0.4 is 5.11 Å². The summed E-state index contributed by atoms with van der Waals surface area (Å²) in [5, 5.41) is 8.25. The van der Waals surface area contributed by atoms with Crippen molar-refractivity contribution in [2.45, 2.75) is 120 Å². The Morgan fingerprint density at radius 2 is 1.00 bits per heavy atom. The van der Waals surface area contributed by atoms with Crippen LogP contribution in [0, 0.1) is 11.8 Å². The van der Waals surface area contributed by atoms with Crippen LogP contribution in [-0.2, 0) is 34.9 Å². The summed E-state index contributed by atoms with van der Waals surface area (Å²) in [6, 6.07) is 0. The second-order valence-electron chi connectivity index (χ2n) is 10.7. The maximum atomic E-state index is 13.2. The normalized spacial score (nSPS) is 24.1. The molecule has 0 bridgehead atoms. The van der Waals surface area contributed by atoms with Gasteiger partial charge in [-0.25, -0.2) is 0 Å². The maximum absolute atomic E-state index is 13.2. The van der Waals surface area contributed by atoms with E-state index in [1.54, 1.807) is 11.1 Å². The Kier molecular flexibility index (Phi) is 9.91. The van der Waals surface area contributed by atoms with Crippen LogP contribution >= 0.6 is 0 Å². The first-order valence-electron chi connectivity index (χ1n) is 13.9. The molecule has 188 valence electrons. The molecule has 0 aliphatic heterocycles. The second kappa shape index (κ2) is 12.9. The van der Waals surface area contributed by atoms with E-state index in [0.29, 0.717) is 0 Å². The van der Waals surface area contributed by atoms with Gasteiger partial charge in [0.1, 0.15) is 0 Å². The van der Waals surface area contributed by atoms with Crippen LogP contribution in [0.25, 0.3) is 0 Å². The van der Waals surface area contributed by atoms with Gasteiger partial charge in [-0.2, -0.15) is 7.11 Å². The molecule has 0 N–H and O–H groups in total. The summed E-state index contributed by atoms with van der Waals surface area (Å²) >= 11 is -2.90. The molecule has 0 spiro atoms. The zero-order valence-electron chi connectivity index (χ0n) is 21.0. The standard InChI is InChI=1S/C13H17.2C7H12O2.CH3O.Ti/c1-3-7-12-10(5-1)9-11-6-2-4-8-13(11)12;2*8-7(9)6-4-2-1-3-5-6;1-2;/h9H,1-8H2;2*6H,1-5H2,(H,8,9);1H3;/q;;;-1;+3/p-2. The van der Waals surface area contributed by atoms with E-state index in [1.165, 1.54) is 62.5 Å². The molecule has 0 atom stereocenters. The molecule has 0 aromatic carbocycles. The van der Waals surface area contributed by atoms with E-state index in [0.717, 1.165) is 71.3 Å². The molecule has 0 radical (unpaired) electrons. The Hall–Kier alpha value is -0.906. The Morgan fingerprint density at radius 1 is 0.618 bits per heavy atom. The molecule has 34 heavy (non-hydrogen) atoms. The molecule has 0 amide bonds. The minimum atomic E-state index is -2.90. The predicted molar refractivity (Wildman–Crippen MR) is 126 cm³/mol. The Bertz CT molecular complexity index is 725. The van der Waals surface area contributed by atoms with E-state index >= 15 is 0 Å². The first-order valence-corrected chi connectivity index (χ1v) is 16.1. The average Bonchev–Trinajstić information content (AvgIpc) is 3.25. The topological polar surface area (TPSA) is 75.7 Å². The summed E-state index contributed by atoms with van der Waals surface area (Å²) in [6.07, 6.45) is 20.2. The van der Waals surface area contributed by atoms with E-state index in [1.807, 2.05) is 0 Å². The van der Waals surface area contributed by atoms with Crippen LogP contribution in [0.15, 0.2) is 22.3 Å². The third-order valence-electron chi connectivity index (χ3n) is 8.60. The minimum absolute atomic E-state index is 0.0145. The number of hydrogen-bond acceptors (Lipinski definition) is 5. The summed E-state index contributed by atoms with van der Waals surface area (Å²) in [6.45, 7) is 0. The van der Waals surface area contributed by atoms with Gasteiger partial charge in [0.05, 0.1) is 0 Å². The zero-order chi connectivity index (χ0) is 23.9. The first-order chi connectivity index (χ1) is 16.7. The quantitative estimate of drug-likeness (QED) is 0.415. The van der Waals surface area contributed by atoms with Gasteiger partial charge in [-0.05, 0) is 0 Å². The summed E-state index contributed by atoms with van der Waals surface area (Å²) in [4.78, 5) is 26.5. The van der Waals surface area contributed by atoms with E-state index < -0.39 is 18.6 Å². The van der Waals surface area contributed by atoms with Crippen LogP contribution in [0.4, 0.5) is 0 Å². The van der Waals surface area contributed by atoms with Gasteiger partial charge in [0, 0.05) is 0 Å². The van der Waals surface area contributed by atoms with Gasteiger partial charge in [0.25, 0.3) is 0 Å². The Labute approximate surface area is 212 Å². The Morgan fingerprint density at radius 3 is 1.41 bits per heavy atom. The molecule has 0 saturated heterocycles. The Balaban J connectivity index is 0.00000133. The first kappa shape index (κ1) is 26.2. The van der Waals surface area contributed by atoms with Crippen molar-refractivity contribution < 1.29 is 40.0 Å². The molecule has 0 aromatic rings. The molecule has 0 heterocycles. The van der Waals surface area contributed by atoms with Crippen molar-refractivity contribution in [1.82, 2.24) is 0 Å². The van der Waals surface area contributed by atoms with Crippen LogP contribution in [-0.4, -0.2) is 19.0 Å². The van der Waals surface area contributed by atoms with E-state index in [-0.39, 0.29) is 28.0 Å². The van der Waals surface area contributed by atoms with Gasteiger partial charge in [-0.3, -0.25) is 0 Å². The molecule has 5 aliphatic rings. The number of carbonyl (C=O) groups is 2. The van der Waals surface area contributed by atoms with Crippen molar-refractivity contribution >= 4 is 11.9 Å². The fourth-order valence-electron chi connectivity index (χ4n) is 6.86. The number of hydrogen-bond donors (Lipinski definition) is 0. The molecule has 0 unspecified atom stereocenters. The van der Waals surface area contributed by atoms with E-state index in [2.05, 4.69) is 0 Å². The molecular weight excluding hydrogens is 464 g/mol. The third-order valence-corrected chi connectivity index (χ3v) is 11.7. The number of carbonyl (C=O) groups excluding carboxylic acids is 2. The van der Waals surface area contributed by atoms with Crippen molar-refractivity contribution in [3.8, 4) is 0 Å². The van der Waals surface area contributed by atoms with Gasteiger partial charge < -0.3 is 5.11 Å². The van der Waals surface area contributed by atoms with Gasteiger partial charge in [0.15, 0.2) is 0 Å². The van der Waals surface area contributed by atoms with Crippen molar-refractivity contribution in [2.75, 3.05) is 7.11 Å². The van der Waals surface area contributed by atoms with Crippen molar-refractivity contribution in [3.63, 3.8) is 0 Å². The van der Waals surface area contributed by atoms with Crippen LogP contribution in [0.5, 0.6) is 0 Å². The van der Waals surface area contributed by atoms with Crippen LogP contribution in [0.2, 0.25) is 4.22 Å². The zero-order valence-corrected chi connectivity index (χ0v) is 22.6. The predicted octanol–water partition coefficient (Wildman–Crippen LogP) is 6.20. The number of allylic oxidation sites excluding steroid dienone is 4. The molecule has 2 fully saturated rings. The van der Waals surface area contributed by atoms with Crippen molar-refractivity contribution in [3.05, 3.63) is 22.3 Å². The summed E-state index contributed by atoms with van der Waals surface area (Å²) in [5.74, 6) is -0.0841. The number of rotatable bonds is 5. The molecule has 0 aromatic heterocycles. The van der Waals surface area contributed by atoms with Crippen LogP contribution in [0.3, 0.4) is 0 Å². The average molecular weight is 507 g/mol. The fraction of sp³-hybridized carbons (Fsp3) is 0.786. The molecular formula is C28H42O5Ti. The molecule has 5 rings (SSSR count). The van der Waals surface area contributed by atoms with Gasteiger partial charge in [-0.15, -0.1) is 0 Å². The molecule has 2 saturated carbocycles. The van der Waals surface area contributed by atoms with E-state index in [4.69, 9.17) is 11.7 Å². The van der Waals surface area contributed by atoms with Gasteiger partial charge >= 0.3 is 201 Å². The summed E-state index contributed by atoms with van der Waals surface area (Å²) in [5.41, 5.74) is 6.16. The molecule has 5 nitrogen and oxygen atoms in total. The molecule has 5 aliphatic carbocycles. The monoisotopic (exact) mass is 506 g/mol. The molecule has 6 heteroatoms. The fourth-order valence-corrected chi connectivity index (χ4v) is 10.3. The van der Waals surface area contributed by atoms with Gasteiger partial charge in [0.2, 0.25) is 0 Å². The van der Waals surface area contributed by atoms with Crippen LogP contribution in [0.1, 0.15) is 116 Å². The number of fused-ring (bicyclic) bond motifs is 1. The van der Waals surface area contributed by atoms with Gasteiger partial charge in [-0.1, -0.05) is 0 Å². The SMILES string of the molecule is C[O-].O=C([O][Ti+]([O]C(=O)C1CCCCC1)[CH]1C2=C(CCCC2)C2=C1CCCC2)C1CCCCC1. The summed E-state index contributed by atoms with van der Waals surface area (Å²) in [7, 11) is 0.750. The van der Waals surface area contributed by atoms with Crippen molar-refractivity contribution in [1.29, 1.82) is 0 Å². The summed E-state index contributed by atoms with van der Waals surface area (Å²) < 4.78 is 12.9. The third kappa shape index (κ3) is 5.90.